The quantitative estimate of drug-likeness (QED) is 0.780. The second-order valence-electron chi connectivity index (χ2n) is 4.30. The largest absolute Gasteiger partial charge is 0.319 e. The van der Waals surface area contributed by atoms with Crippen LogP contribution in [0.1, 0.15) is 4.88 Å². The van der Waals surface area contributed by atoms with Gasteiger partial charge in [0.05, 0.1) is 6.54 Å². The first-order valence-electron chi connectivity index (χ1n) is 6.00. The second kappa shape index (κ2) is 6.37. The predicted octanol–water partition coefficient (Wildman–Crippen LogP) is 4.41. The van der Waals surface area contributed by atoms with Crippen LogP contribution in [0.25, 0.3) is 10.4 Å². The summed E-state index contributed by atoms with van der Waals surface area (Å²) in [5, 5.41) is 2.37. The van der Waals surface area contributed by atoms with Crippen LogP contribution in [0.3, 0.4) is 0 Å². The van der Waals surface area contributed by atoms with Crippen molar-refractivity contribution >= 4 is 11.3 Å². The number of halogens is 4. The SMILES string of the molecule is FC(F)C(F)(F)CNCc1ccc(-c2ccccc2)s1. The van der Waals surface area contributed by atoms with Gasteiger partial charge in [-0.2, -0.15) is 8.78 Å². The minimum Gasteiger partial charge on any atom is -0.306 e. The van der Waals surface area contributed by atoms with Gasteiger partial charge in [-0.25, -0.2) is 8.78 Å². The van der Waals surface area contributed by atoms with E-state index in [1.807, 2.05) is 36.4 Å². The molecule has 2 aromatic rings. The zero-order chi connectivity index (χ0) is 14.6. The van der Waals surface area contributed by atoms with E-state index in [4.69, 9.17) is 0 Å². The van der Waals surface area contributed by atoms with E-state index in [0.29, 0.717) is 0 Å². The monoisotopic (exact) mass is 303 g/mol. The first kappa shape index (κ1) is 15.0. The number of alkyl halides is 4. The first-order valence-corrected chi connectivity index (χ1v) is 6.81. The highest BCUT2D eigenvalue weighted by Gasteiger charge is 2.39. The molecule has 20 heavy (non-hydrogen) atoms. The van der Waals surface area contributed by atoms with Crippen molar-refractivity contribution in [3.05, 3.63) is 47.3 Å². The smallest absolute Gasteiger partial charge is 0.306 e. The highest BCUT2D eigenvalue weighted by molar-refractivity contribution is 7.15. The fourth-order valence-electron chi connectivity index (χ4n) is 1.66. The lowest BCUT2D eigenvalue weighted by Crippen LogP contribution is -2.38. The summed E-state index contributed by atoms with van der Waals surface area (Å²) in [6, 6.07) is 13.3. The summed E-state index contributed by atoms with van der Waals surface area (Å²) >= 11 is 1.45. The van der Waals surface area contributed by atoms with Crippen molar-refractivity contribution < 1.29 is 17.6 Å². The second-order valence-corrected chi connectivity index (χ2v) is 5.47. The van der Waals surface area contributed by atoms with E-state index in [9.17, 15) is 17.6 Å². The molecule has 0 aliphatic heterocycles. The van der Waals surface area contributed by atoms with Crippen molar-refractivity contribution in [3.8, 4) is 10.4 Å². The van der Waals surface area contributed by atoms with E-state index >= 15 is 0 Å². The minimum atomic E-state index is -3.99. The molecular formula is C14H13F4NS. The van der Waals surface area contributed by atoms with Crippen molar-refractivity contribution in [3.63, 3.8) is 0 Å². The van der Waals surface area contributed by atoms with E-state index in [0.717, 1.165) is 15.3 Å². The van der Waals surface area contributed by atoms with Crippen LogP contribution in [0.4, 0.5) is 17.6 Å². The maximum absolute atomic E-state index is 12.7. The summed E-state index contributed by atoms with van der Waals surface area (Å²) in [4.78, 5) is 1.84. The van der Waals surface area contributed by atoms with Crippen molar-refractivity contribution in [2.45, 2.75) is 18.9 Å². The van der Waals surface area contributed by atoms with E-state index < -0.39 is 18.9 Å². The van der Waals surface area contributed by atoms with Crippen LogP contribution in [0, 0.1) is 0 Å². The Hall–Kier alpha value is -1.40. The van der Waals surface area contributed by atoms with Gasteiger partial charge in [-0.05, 0) is 17.7 Å². The summed E-state index contributed by atoms with van der Waals surface area (Å²) in [6.07, 6.45) is -3.64. The van der Waals surface area contributed by atoms with Gasteiger partial charge in [0.25, 0.3) is 0 Å². The van der Waals surface area contributed by atoms with Gasteiger partial charge in [0.1, 0.15) is 0 Å². The van der Waals surface area contributed by atoms with Gasteiger partial charge in [-0.1, -0.05) is 30.3 Å². The molecule has 0 saturated carbocycles. The molecule has 0 fully saturated rings. The third kappa shape index (κ3) is 3.80. The Morgan fingerprint density at radius 3 is 2.40 bits per heavy atom. The molecule has 2 rings (SSSR count). The number of thiophene rings is 1. The molecule has 1 heterocycles. The third-order valence-corrected chi connectivity index (χ3v) is 3.83. The molecule has 6 heteroatoms. The fraction of sp³-hybridized carbons (Fsp3) is 0.286. The van der Waals surface area contributed by atoms with Crippen LogP contribution in [0.2, 0.25) is 0 Å². The molecule has 0 aliphatic rings. The van der Waals surface area contributed by atoms with Gasteiger partial charge in [-0.15, -0.1) is 11.3 Å². The maximum Gasteiger partial charge on any atom is 0.319 e. The standard InChI is InChI=1S/C14H13F4NS/c15-13(16)14(17,18)9-19-8-11-6-7-12(20-11)10-4-2-1-3-5-10/h1-7,13,19H,8-9H2. The van der Waals surface area contributed by atoms with Crippen molar-refractivity contribution in [1.29, 1.82) is 0 Å². The summed E-state index contributed by atoms with van der Waals surface area (Å²) < 4.78 is 49.4. The molecule has 0 saturated heterocycles. The minimum absolute atomic E-state index is 0.153. The summed E-state index contributed by atoms with van der Waals surface area (Å²) in [6.45, 7) is -0.872. The molecule has 0 atom stereocenters. The van der Waals surface area contributed by atoms with Gasteiger partial charge in [-0.3, -0.25) is 0 Å². The zero-order valence-electron chi connectivity index (χ0n) is 10.5. The lowest BCUT2D eigenvalue weighted by atomic mass is 10.2. The lowest BCUT2D eigenvalue weighted by Gasteiger charge is -2.15. The average molecular weight is 303 g/mol. The van der Waals surface area contributed by atoms with Crippen LogP contribution in [0.15, 0.2) is 42.5 Å². The number of hydrogen-bond acceptors (Lipinski definition) is 2. The molecule has 1 N–H and O–H groups in total. The Labute approximate surface area is 118 Å². The van der Waals surface area contributed by atoms with Gasteiger partial charge in [0.2, 0.25) is 0 Å². The van der Waals surface area contributed by atoms with E-state index in [1.54, 1.807) is 6.07 Å². The maximum atomic E-state index is 12.7. The molecule has 0 radical (unpaired) electrons. The Morgan fingerprint density at radius 2 is 1.75 bits per heavy atom. The molecular weight excluding hydrogens is 290 g/mol. The predicted molar refractivity (Wildman–Crippen MR) is 72.4 cm³/mol. The Morgan fingerprint density at radius 1 is 1.05 bits per heavy atom. The van der Waals surface area contributed by atoms with Gasteiger partial charge in [0.15, 0.2) is 0 Å². The van der Waals surface area contributed by atoms with Gasteiger partial charge >= 0.3 is 12.3 Å². The summed E-state index contributed by atoms with van der Waals surface area (Å²) in [7, 11) is 0. The Kier molecular flexibility index (Phi) is 4.77. The molecule has 0 amide bonds. The molecule has 0 unspecified atom stereocenters. The molecule has 0 bridgehead atoms. The third-order valence-electron chi connectivity index (χ3n) is 2.70. The number of rotatable bonds is 6. The number of benzene rings is 1. The molecule has 0 aliphatic carbocycles. The van der Waals surface area contributed by atoms with Gasteiger partial charge in [0, 0.05) is 16.3 Å². The van der Waals surface area contributed by atoms with Crippen LogP contribution < -0.4 is 5.32 Å². The van der Waals surface area contributed by atoms with Crippen molar-refractivity contribution in [1.82, 2.24) is 5.32 Å². The molecule has 1 nitrogen and oxygen atoms in total. The average Bonchev–Trinajstić information content (AvgIpc) is 2.88. The van der Waals surface area contributed by atoms with Crippen molar-refractivity contribution in [2.24, 2.45) is 0 Å². The van der Waals surface area contributed by atoms with Crippen LogP contribution in [-0.4, -0.2) is 18.9 Å². The molecule has 1 aromatic carbocycles. The lowest BCUT2D eigenvalue weighted by molar-refractivity contribution is -0.125. The summed E-state index contributed by atoms with van der Waals surface area (Å²) in [5.74, 6) is -3.99. The van der Waals surface area contributed by atoms with Crippen LogP contribution in [-0.2, 0) is 6.54 Å². The van der Waals surface area contributed by atoms with E-state index in [1.165, 1.54) is 11.3 Å². The zero-order valence-corrected chi connectivity index (χ0v) is 11.3. The Bertz CT molecular complexity index is 539. The Balaban J connectivity index is 1.91. The van der Waals surface area contributed by atoms with Crippen LogP contribution in [0.5, 0.6) is 0 Å². The molecule has 108 valence electrons. The number of nitrogens with one attached hydrogen (secondary N) is 1. The highest BCUT2D eigenvalue weighted by atomic mass is 32.1. The normalized spacial score (nSPS) is 12.1. The molecule has 1 aromatic heterocycles. The molecule has 0 spiro atoms. The number of hydrogen-bond donors (Lipinski definition) is 1. The highest BCUT2D eigenvalue weighted by Crippen LogP contribution is 2.28. The topological polar surface area (TPSA) is 12.0 Å². The van der Waals surface area contributed by atoms with E-state index in [-0.39, 0.29) is 6.54 Å². The first-order chi connectivity index (χ1) is 9.49. The van der Waals surface area contributed by atoms with E-state index in [2.05, 4.69) is 5.32 Å². The van der Waals surface area contributed by atoms with Crippen molar-refractivity contribution in [2.75, 3.05) is 6.54 Å². The fourth-order valence-corrected chi connectivity index (χ4v) is 2.64. The summed E-state index contributed by atoms with van der Waals surface area (Å²) in [5.41, 5.74) is 1.04. The van der Waals surface area contributed by atoms with Gasteiger partial charge < -0.3 is 5.32 Å². The van der Waals surface area contributed by atoms with Crippen LogP contribution >= 0.6 is 11.3 Å².